The van der Waals surface area contributed by atoms with Crippen LogP contribution in [0.4, 0.5) is 11.4 Å². The number of nitrogens with zero attached hydrogens (tertiary/aromatic N) is 1. The van der Waals surface area contributed by atoms with E-state index in [1.165, 1.54) is 24.3 Å². The molecule has 1 N–H and O–H groups in total. The van der Waals surface area contributed by atoms with E-state index in [9.17, 15) is 14.9 Å². The van der Waals surface area contributed by atoms with Crippen molar-refractivity contribution in [2.45, 2.75) is 0 Å². The Balaban J connectivity index is 2.10. The van der Waals surface area contributed by atoms with Gasteiger partial charge in [0.25, 0.3) is 5.69 Å². The molecule has 0 aliphatic carbocycles. The second-order valence-corrected chi connectivity index (χ2v) is 5.66. The van der Waals surface area contributed by atoms with Crippen LogP contribution in [-0.2, 0) is 4.79 Å². The number of rotatable bonds is 4. The molecule has 118 valence electrons. The third-order valence-corrected chi connectivity index (χ3v) is 3.67. The fourth-order valence-corrected chi connectivity index (χ4v) is 2.39. The van der Waals surface area contributed by atoms with Crippen LogP contribution < -0.4 is 5.32 Å². The number of non-ortho nitro benzene ring substituents is 1. The normalized spacial score (nSPS) is 10.7. The van der Waals surface area contributed by atoms with Gasteiger partial charge in [-0.15, -0.1) is 0 Å². The summed E-state index contributed by atoms with van der Waals surface area (Å²) in [5, 5.41) is 14.1. The Kier molecular flexibility index (Phi) is 5.60. The minimum Gasteiger partial charge on any atom is -0.321 e. The first-order chi connectivity index (χ1) is 10.9. The summed E-state index contributed by atoms with van der Waals surface area (Å²) in [5.74, 6) is -0.452. The first kappa shape index (κ1) is 17.3. The van der Waals surface area contributed by atoms with Crippen LogP contribution in [-0.4, -0.2) is 10.8 Å². The molecule has 8 heteroatoms. The standard InChI is InChI=1S/C15H9Cl3N2O3/c16-10-3-1-9(12(17)7-10)2-6-15(21)19-14-5-4-11(20(22)23)8-13(14)18/h1-8H,(H,19,21)/b6-2+. The van der Waals surface area contributed by atoms with Crippen molar-refractivity contribution in [3.05, 3.63) is 73.2 Å². The number of hydrogen-bond acceptors (Lipinski definition) is 3. The lowest BCUT2D eigenvalue weighted by molar-refractivity contribution is -0.384. The number of nitro benzene ring substituents is 1. The van der Waals surface area contributed by atoms with Crippen LogP contribution in [0.25, 0.3) is 6.08 Å². The van der Waals surface area contributed by atoms with Gasteiger partial charge in [0.05, 0.1) is 15.6 Å². The summed E-state index contributed by atoms with van der Waals surface area (Å²) >= 11 is 17.7. The molecule has 23 heavy (non-hydrogen) atoms. The molecular formula is C15H9Cl3N2O3. The average molecular weight is 372 g/mol. The molecule has 0 radical (unpaired) electrons. The van der Waals surface area contributed by atoms with Gasteiger partial charge in [-0.3, -0.25) is 14.9 Å². The Labute approximate surface area is 146 Å². The van der Waals surface area contributed by atoms with Crippen molar-refractivity contribution in [3.63, 3.8) is 0 Å². The van der Waals surface area contributed by atoms with Crippen LogP contribution in [0, 0.1) is 10.1 Å². The second-order valence-electron chi connectivity index (χ2n) is 4.41. The fourth-order valence-electron chi connectivity index (χ4n) is 1.70. The molecule has 2 aromatic carbocycles. The van der Waals surface area contributed by atoms with E-state index in [2.05, 4.69) is 5.32 Å². The lowest BCUT2D eigenvalue weighted by Crippen LogP contribution is -2.08. The number of benzene rings is 2. The molecule has 0 saturated carbocycles. The van der Waals surface area contributed by atoms with Crippen LogP contribution in [0.5, 0.6) is 0 Å². The molecule has 2 aromatic rings. The Morgan fingerprint density at radius 1 is 1.09 bits per heavy atom. The molecule has 0 aliphatic rings. The number of carbonyl (C=O) groups excluding carboxylic acids is 1. The van der Waals surface area contributed by atoms with Crippen molar-refractivity contribution >= 4 is 58.2 Å². The highest BCUT2D eigenvalue weighted by Crippen LogP contribution is 2.27. The van der Waals surface area contributed by atoms with E-state index < -0.39 is 10.8 Å². The number of amides is 1. The molecule has 0 saturated heterocycles. The highest BCUT2D eigenvalue weighted by Gasteiger charge is 2.10. The minimum absolute atomic E-state index is 0.0745. The van der Waals surface area contributed by atoms with E-state index in [0.29, 0.717) is 15.6 Å². The van der Waals surface area contributed by atoms with Gasteiger partial charge in [-0.25, -0.2) is 0 Å². The van der Waals surface area contributed by atoms with Gasteiger partial charge in [-0.1, -0.05) is 40.9 Å². The van der Waals surface area contributed by atoms with E-state index in [1.54, 1.807) is 18.2 Å². The maximum Gasteiger partial charge on any atom is 0.271 e. The molecule has 0 unspecified atom stereocenters. The summed E-state index contributed by atoms with van der Waals surface area (Å²) in [6.45, 7) is 0. The predicted octanol–water partition coefficient (Wildman–Crippen LogP) is 5.21. The van der Waals surface area contributed by atoms with Gasteiger partial charge in [0, 0.05) is 28.3 Å². The molecule has 0 atom stereocenters. The van der Waals surface area contributed by atoms with E-state index in [-0.39, 0.29) is 16.4 Å². The number of nitro groups is 1. The molecule has 0 aromatic heterocycles. The summed E-state index contributed by atoms with van der Waals surface area (Å²) in [6, 6.07) is 8.67. The van der Waals surface area contributed by atoms with Crippen LogP contribution in [0.2, 0.25) is 15.1 Å². The Bertz CT molecular complexity index is 807. The molecule has 0 fully saturated rings. The average Bonchev–Trinajstić information content (AvgIpc) is 2.48. The monoisotopic (exact) mass is 370 g/mol. The summed E-state index contributed by atoms with van der Waals surface area (Å²) < 4.78 is 0. The van der Waals surface area contributed by atoms with Crippen LogP contribution in [0.15, 0.2) is 42.5 Å². The van der Waals surface area contributed by atoms with Crippen molar-refractivity contribution in [2.75, 3.05) is 5.32 Å². The first-order valence-corrected chi connectivity index (χ1v) is 7.38. The molecule has 0 heterocycles. The lowest BCUT2D eigenvalue weighted by atomic mass is 10.2. The van der Waals surface area contributed by atoms with Gasteiger partial charge in [0.2, 0.25) is 5.91 Å². The second kappa shape index (κ2) is 7.46. The number of carbonyl (C=O) groups is 1. The Morgan fingerprint density at radius 2 is 1.83 bits per heavy atom. The predicted molar refractivity (Wildman–Crippen MR) is 92.2 cm³/mol. The van der Waals surface area contributed by atoms with E-state index in [0.717, 1.165) is 6.07 Å². The zero-order valence-electron chi connectivity index (χ0n) is 11.4. The zero-order valence-corrected chi connectivity index (χ0v) is 13.7. The molecule has 0 spiro atoms. The van der Waals surface area contributed by atoms with Gasteiger partial charge >= 0.3 is 0 Å². The molecule has 0 bridgehead atoms. The highest BCUT2D eigenvalue weighted by atomic mass is 35.5. The van der Waals surface area contributed by atoms with Crippen molar-refractivity contribution in [1.29, 1.82) is 0 Å². The van der Waals surface area contributed by atoms with E-state index in [1.807, 2.05) is 0 Å². The van der Waals surface area contributed by atoms with Gasteiger partial charge in [-0.2, -0.15) is 0 Å². The summed E-state index contributed by atoms with van der Waals surface area (Å²) in [5.41, 5.74) is 0.742. The molecule has 0 aliphatic heterocycles. The van der Waals surface area contributed by atoms with Crippen molar-refractivity contribution in [1.82, 2.24) is 0 Å². The first-order valence-electron chi connectivity index (χ1n) is 6.25. The van der Waals surface area contributed by atoms with Crippen molar-refractivity contribution in [3.8, 4) is 0 Å². The zero-order chi connectivity index (χ0) is 17.0. The lowest BCUT2D eigenvalue weighted by Gasteiger charge is -2.04. The van der Waals surface area contributed by atoms with Crippen LogP contribution >= 0.6 is 34.8 Å². The van der Waals surface area contributed by atoms with Gasteiger partial charge in [-0.05, 0) is 29.8 Å². The molecule has 5 nitrogen and oxygen atoms in total. The SMILES string of the molecule is O=C(/C=C/c1ccc(Cl)cc1Cl)Nc1ccc([N+](=O)[O-])cc1Cl. The molecule has 2 rings (SSSR count). The number of nitrogens with one attached hydrogen (secondary N) is 1. The maximum absolute atomic E-state index is 11.9. The highest BCUT2D eigenvalue weighted by molar-refractivity contribution is 6.35. The number of anilines is 1. The van der Waals surface area contributed by atoms with Gasteiger partial charge in [0.15, 0.2) is 0 Å². The summed E-state index contributed by atoms with van der Waals surface area (Å²) in [7, 11) is 0. The fraction of sp³-hybridized carbons (Fsp3) is 0. The van der Waals surface area contributed by atoms with E-state index in [4.69, 9.17) is 34.8 Å². The Hall–Kier alpha value is -2.08. The van der Waals surface area contributed by atoms with Crippen LogP contribution in [0.1, 0.15) is 5.56 Å². The molecular weight excluding hydrogens is 363 g/mol. The Morgan fingerprint density at radius 3 is 2.43 bits per heavy atom. The third-order valence-electron chi connectivity index (χ3n) is 2.80. The molecule has 1 amide bonds. The number of halogens is 3. The minimum atomic E-state index is -0.570. The van der Waals surface area contributed by atoms with Crippen molar-refractivity contribution in [2.24, 2.45) is 0 Å². The quantitative estimate of drug-likeness (QED) is 0.456. The van der Waals surface area contributed by atoms with Crippen LogP contribution in [0.3, 0.4) is 0 Å². The number of hydrogen-bond donors (Lipinski definition) is 1. The smallest absolute Gasteiger partial charge is 0.271 e. The third kappa shape index (κ3) is 4.69. The van der Waals surface area contributed by atoms with E-state index >= 15 is 0 Å². The van der Waals surface area contributed by atoms with Gasteiger partial charge < -0.3 is 5.32 Å². The maximum atomic E-state index is 11.9. The summed E-state index contributed by atoms with van der Waals surface area (Å²) in [6.07, 6.45) is 2.79. The van der Waals surface area contributed by atoms with Crippen molar-refractivity contribution < 1.29 is 9.72 Å². The topological polar surface area (TPSA) is 72.2 Å². The van der Waals surface area contributed by atoms with Gasteiger partial charge in [0.1, 0.15) is 0 Å². The summed E-state index contributed by atoms with van der Waals surface area (Å²) in [4.78, 5) is 21.9. The largest absolute Gasteiger partial charge is 0.321 e.